The number of benzene rings is 2. The van der Waals surface area contributed by atoms with E-state index in [-0.39, 0.29) is 0 Å². The van der Waals surface area contributed by atoms with Gasteiger partial charge in [-0.3, -0.25) is 0 Å². The summed E-state index contributed by atoms with van der Waals surface area (Å²) in [6.07, 6.45) is -3.42. The summed E-state index contributed by atoms with van der Waals surface area (Å²) >= 11 is 1.84. The standard InChI is InChI=1S/C18H14F3NS/c1-22-10-23-16-9-15-13(3-2-4-14(15)17(16)22)11-5-7-12(8-6-11)18(19,20)21/h2-8H,9-10H2,1H3. The minimum Gasteiger partial charge on any atom is -0.364 e. The summed E-state index contributed by atoms with van der Waals surface area (Å²) in [6, 6.07) is 11.5. The summed E-state index contributed by atoms with van der Waals surface area (Å²) in [4.78, 5) is 3.60. The lowest BCUT2D eigenvalue weighted by atomic mass is 9.95. The summed E-state index contributed by atoms with van der Waals surface area (Å²) in [7, 11) is 2.08. The summed E-state index contributed by atoms with van der Waals surface area (Å²) < 4.78 is 38.2. The number of alkyl halides is 3. The molecule has 1 nitrogen and oxygen atoms in total. The number of rotatable bonds is 1. The van der Waals surface area contributed by atoms with Gasteiger partial charge >= 0.3 is 6.18 Å². The molecule has 0 saturated carbocycles. The predicted octanol–water partition coefficient (Wildman–Crippen LogP) is 5.23. The minimum atomic E-state index is -4.29. The normalized spacial score (nSPS) is 16.8. The molecule has 1 heterocycles. The SMILES string of the molecule is CN1CSC2=C1c1cccc(-c3ccc(C(F)(F)F)cc3)c1C2. The lowest BCUT2D eigenvalue weighted by Gasteiger charge is -2.17. The van der Waals surface area contributed by atoms with Crippen LogP contribution in [0.25, 0.3) is 16.8 Å². The smallest absolute Gasteiger partial charge is 0.364 e. The van der Waals surface area contributed by atoms with Gasteiger partial charge in [0, 0.05) is 23.9 Å². The molecule has 0 aromatic heterocycles. The van der Waals surface area contributed by atoms with Crippen molar-refractivity contribution in [2.75, 3.05) is 12.9 Å². The molecule has 2 aromatic rings. The molecule has 0 fully saturated rings. The third-order valence-electron chi connectivity index (χ3n) is 4.37. The molecule has 0 spiro atoms. The number of hydrogen-bond acceptors (Lipinski definition) is 2. The van der Waals surface area contributed by atoms with Crippen LogP contribution in [0.4, 0.5) is 13.2 Å². The van der Waals surface area contributed by atoms with E-state index in [4.69, 9.17) is 0 Å². The van der Waals surface area contributed by atoms with Gasteiger partial charge < -0.3 is 4.90 Å². The first-order chi connectivity index (χ1) is 10.9. The fourth-order valence-electron chi connectivity index (χ4n) is 3.28. The second-order valence-electron chi connectivity index (χ2n) is 5.83. The van der Waals surface area contributed by atoms with Gasteiger partial charge in [-0.1, -0.05) is 30.3 Å². The highest BCUT2D eigenvalue weighted by Crippen LogP contribution is 2.48. The van der Waals surface area contributed by atoms with Gasteiger partial charge in [0.05, 0.1) is 17.1 Å². The zero-order valence-corrected chi connectivity index (χ0v) is 13.3. The highest BCUT2D eigenvalue weighted by Gasteiger charge is 2.32. The van der Waals surface area contributed by atoms with Gasteiger partial charge in [0.2, 0.25) is 0 Å². The highest BCUT2D eigenvalue weighted by atomic mass is 32.2. The summed E-state index contributed by atoms with van der Waals surface area (Å²) in [5.74, 6) is 0.967. The molecule has 4 rings (SSSR count). The zero-order chi connectivity index (χ0) is 16.2. The van der Waals surface area contributed by atoms with E-state index in [1.54, 1.807) is 12.1 Å². The Morgan fingerprint density at radius 3 is 2.39 bits per heavy atom. The molecule has 1 aliphatic heterocycles. The first kappa shape index (κ1) is 14.7. The molecule has 0 N–H and O–H groups in total. The minimum absolute atomic E-state index is 0.607. The van der Waals surface area contributed by atoms with E-state index < -0.39 is 11.7 Å². The number of halogens is 3. The lowest BCUT2D eigenvalue weighted by molar-refractivity contribution is -0.137. The largest absolute Gasteiger partial charge is 0.416 e. The maximum absolute atomic E-state index is 12.7. The van der Waals surface area contributed by atoms with Crippen molar-refractivity contribution in [1.29, 1.82) is 0 Å². The Bertz CT molecular complexity index is 806. The van der Waals surface area contributed by atoms with E-state index in [2.05, 4.69) is 18.0 Å². The molecule has 1 aliphatic carbocycles. The maximum Gasteiger partial charge on any atom is 0.416 e. The van der Waals surface area contributed by atoms with Crippen LogP contribution in [0.5, 0.6) is 0 Å². The van der Waals surface area contributed by atoms with Gasteiger partial charge in [0.1, 0.15) is 0 Å². The Hall–Kier alpha value is -1.88. The van der Waals surface area contributed by atoms with E-state index in [9.17, 15) is 13.2 Å². The predicted molar refractivity (Wildman–Crippen MR) is 87.7 cm³/mol. The first-order valence-electron chi connectivity index (χ1n) is 7.32. The van der Waals surface area contributed by atoms with Crippen LogP contribution in [0, 0.1) is 0 Å². The molecule has 0 saturated heterocycles. The van der Waals surface area contributed by atoms with Crippen LogP contribution in [-0.2, 0) is 12.6 Å². The maximum atomic E-state index is 12.7. The molecule has 0 atom stereocenters. The summed E-state index contributed by atoms with van der Waals surface area (Å²) in [5, 5.41) is 0. The highest BCUT2D eigenvalue weighted by molar-refractivity contribution is 8.03. The van der Waals surface area contributed by atoms with Crippen molar-refractivity contribution in [1.82, 2.24) is 4.90 Å². The number of fused-ring (bicyclic) bond motifs is 2. The quantitative estimate of drug-likeness (QED) is 0.703. The number of hydrogen-bond donors (Lipinski definition) is 0. The lowest BCUT2D eigenvalue weighted by Crippen LogP contribution is -2.11. The molecule has 0 amide bonds. The molecular weight excluding hydrogens is 319 g/mol. The van der Waals surface area contributed by atoms with Crippen molar-refractivity contribution in [2.45, 2.75) is 12.6 Å². The van der Waals surface area contributed by atoms with Crippen molar-refractivity contribution in [2.24, 2.45) is 0 Å². The van der Waals surface area contributed by atoms with Crippen LogP contribution in [0.15, 0.2) is 47.4 Å². The molecule has 118 valence electrons. The molecule has 2 aliphatic rings. The Kier molecular flexibility index (Phi) is 3.23. The van der Waals surface area contributed by atoms with Gasteiger partial charge in [0.25, 0.3) is 0 Å². The van der Waals surface area contributed by atoms with Gasteiger partial charge in [-0.2, -0.15) is 13.2 Å². The average Bonchev–Trinajstić information content (AvgIpc) is 3.06. The van der Waals surface area contributed by atoms with E-state index in [1.165, 1.54) is 21.7 Å². The van der Waals surface area contributed by atoms with Crippen LogP contribution < -0.4 is 0 Å². The summed E-state index contributed by atoms with van der Waals surface area (Å²) in [5.41, 5.74) is 4.97. The van der Waals surface area contributed by atoms with Gasteiger partial charge in [0.15, 0.2) is 0 Å². The Labute approximate surface area is 136 Å². The Balaban J connectivity index is 1.76. The van der Waals surface area contributed by atoms with Gasteiger partial charge in [-0.15, -0.1) is 11.8 Å². The molecule has 23 heavy (non-hydrogen) atoms. The Morgan fingerprint density at radius 2 is 1.70 bits per heavy atom. The third-order valence-corrected chi connectivity index (χ3v) is 5.57. The fourth-order valence-corrected chi connectivity index (χ4v) is 4.41. The van der Waals surface area contributed by atoms with E-state index >= 15 is 0 Å². The van der Waals surface area contributed by atoms with Crippen LogP contribution >= 0.6 is 11.8 Å². The average molecular weight is 333 g/mol. The zero-order valence-electron chi connectivity index (χ0n) is 12.4. The van der Waals surface area contributed by atoms with Gasteiger partial charge in [-0.05, 0) is 28.8 Å². The van der Waals surface area contributed by atoms with Crippen molar-refractivity contribution < 1.29 is 13.2 Å². The summed E-state index contributed by atoms with van der Waals surface area (Å²) in [6.45, 7) is 0. The van der Waals surface area contributed by atoms with Crippen LogP contribution in [-0.4, -0.2) is 17.8 Å². The van der Waals surface area contributed by atoms with Gasteiger partial charge in [-0.25, -0.2) is 0 Å². The molecule has 0 radical (unpaired) electrons. The molecule has 2 aromatic carbocycles. The van der Waals surface area contributed by atoms with Crippen molar-refractivity contribution in [3.63, 3.8) is 0 Å². The monoisotopic (exact) mass is 333 g/mol. The topological polar surface area (TPSA) is 3.24 Å². The molecule has 5 heteroatoms. The molecular formula is C18H14F3NS. The van der Waals surface area contributed by atoms with Crippen molar-refractivity contribution in [3.8, 4) is 11.1 Å². The molecule has 0 bridgehead atoms. The van der Waals surface area contributed by atoms with E-state index in [0.717, 1.165) is 35.6 Å². The Morgan fingerprint density at radius 1 is 1.00 bits per heavy atom. The van der Waals surface area contributed by atoms with Crippen molar-refractivity contribution >= 4 is 17.5 Å². The van der Waals surface area contributed by atoms with E-state index in [0.29, 0.717) is 0 Å². The third kappa shape index (κ3) is 2.34. The number of allylic oxidation sites excluding steroid dienone is 1. The number of nitrogens with zero attached hydrogens (tertiary/aromatic N) is 1. The molecule has 0 unspecified atom stereocenters. The van der Waals surface area contributed by atoms with Crippen LogP contribution in [0.1, 0.15) is 16.7 Å². The van der Waals surface area contributed by atoms with Crippen LogP contribution in [0.2, 0.25) is 0 Å². The number of thioether (sulfide) groups is 1. The van der Waals surface area contributed by atoms with Crippen molar-refractivity contribution in [3.05, 3.63) is 64.1 Å². The fraction of sp³-hybridized carbons (Fsp3) is 0.222. The van der Waals surface area contributed by atoms with E-state index in [1.807, 2.05) is 23.9 Å². The van der Waals surface area contributed by atoms with Crippen LogP contribution in [0.3, 0.4) is 0 Å². The first-order valence-corrected chi connectivity index (χ1v) is 8.30. The second-order valence-corrected chi connectivity index (χ2v) is 6.87. The second kappa shape index (κ2) is 5.06.